The third kappa shape index (κ3) is 3.14. The molecule has 2 heteroatoms. The maximum Gasteiger partial charge on any atom is 0.0408 e. The highest BCUT2D eigenvalue weighted by atomic mass is 35.5. The molecule has 1 aliphatic heterocycles. The first kappa shape index (κ1) is 14.6. The Morgan fingerprint density at radius 1 is 1.05 bits per heavy atom. The highest BCUT2D eigenvalue weighted by molar-refractivity contribution is 6.30. The maximum absolute atomic E-state index is 6.19. The highest BCUT2D eigenvalue weighted by Gasteiger charge is 2.28. The lowest BCUT2D eigenvalue weighted by molar-refractivity contribution is 0.403. The van der Waals surface area contributed by atoms with Gasteiger partial charge in [-0.2, -0.15) is 0 Å². The Hall–Kier alpha value is -1.31. The Bertz CT molecular complexity index is 635. The molecule has 2 unspecified atom stereocenters. The van der Waals surface area contributed by atoms with Crippen LogP contribution in [0.1, 0.15) is 40.5 Å². The summed E-state index contributed by atoms with van der Waals surface area (Å²) in [5.41, 5.74) is 5.59. The van der Waals surface area contributed by atoms with Crippen molar-refractivity contribution in [3.63, 3.8) is 0 Å². The summed E-state index contributed by atoms with van der Waals surface area (Å²) in [5, 5.41) is 4.37. The summed E-state index contributed by atoms with van der Waals surface area (Å²) in [4.78, 5) is 0. The Labute approximate surface area is 132 Å². The Morgan fingerprint density at radius 2 is 1.90 bits per heavy atom. The normalized spacial score (nSPS) is 22.2. The van der Waals surface area contributed by atoms with Crippen molar-refractivity contribution >= 4 is 11.6 Å². The van der Waals surface area contributed by atoms with Gasteiger partial charge in [-0.05, 0) is 61.6 Å². The molecular formula is C19H22ClN. The van der Waals surface area contributed by atoms with E-state index in [9.17, 15) is 0 Å². The van der Waals surface area contributed by atoms with E-state index in [1.54, 1.807) is 0 Å². The zero-order chi connectivity index (χ0) is 14.8. The van der Waals surface area contributed by atoms with Gasteiger partial charge < -0.3 is 5.32 Å². The van der Waals surface area contributed by atoms with Crippen molar-refractivity contribution in [3.8, 4) is 0 Å². The van der Waals surface area contributed by atoms with Gasteiger partial charge in [0.2, 0.25) is 0 Å². The molecule has 110 valence electrons. The first-order chi connectivity index (χ1) is 10.1. The lowest BCUT2D eigenvalue weighted by atomic mass is 9.76. The van der Waals surface area contributed by atoms with Crippen molar-refractivity contribution in [2.24, 2.45) is 0 Å². The van der Waals surface area contributed by atoms with E-state index in [1.807, 2.05) is 6.07 Å². The van der Waals surface area contributed by atoms with Crippen LogP contribution in [0.15, 0.2) is 42.5 Å². The molecule has 1 aliphatic rings. The molecule has 1 N–H and O–H groups in total. The standard InChI is InChI=1S/C19H22ClN/c1-13-6-7-17(14(2)10-13)18-8-9-21-12-19(18)15-4-3-5-16(20)11-15/h3-7,10-11,18-19,21H,8-9,12H2,1-2H3. The van der Waals surface area contributed by atoms with Gasteiger partial charge >= 0.3 is 0 Å². The van der Waals surface area contributed by atoms with Crippen LogP contribution in [0.3, 0.4) is 0 Å². The van der Waals surface area contributed by atoms with Crippen LogP contribution in [-0.2, 0) is 0 Å². The van der Waals surface area contributed by atoms with Crippen LogP contribution in [-0.4, -0.2) is 13.1 Å². The third-order valence-electron chi connectivity index (χ3n) is 4.58. The first-order valence-corrected chi connectivity index (χ1v) is 8.06. The van der Waals surface area contributed by atoms with Crippen molar-refractivity contribution in [1.29, 1.82) is 0 Å². The van der Waals surface area contributed by atoms with E-state index in [-0.39, 0.29) is 0 Å². The van der Waals surface area contributed by atoms with Crippen molar-refractivity contribution in [1.82, 2.24) is 5.32 Å². The fourth-order valence-corrected chi connectivity index (χ4v) is 3.76. The molecule has 1 heterocycles. The van der Waals surface area contributed by atoms with E-state index in [0.717, 1.165) is 18.1 Å². The SMILES string of the molecule is Cc1ccc(C2CCNCC2c2cccc(Cl)c2)c(C)c1. The number of halogens is 1. The molecular weight excluding hydrogens is 278 g/mol. The molecule has 0 bridgehead atoms. The van der Waals surface area contributed by atoms with Crippen LogP contribution >= 0.6 is 11.6 Å². The second-order valence-electron chi connectivity index (χ2n) is 6.12. The average Bonchev–Trinajstić information content (AvgIpc) is 2.47. The van der Waals surface area contributed by atoms with E-state index < -0.39 is 0 Å². The molecule has 0 saturated carbocycles. The van der Waals surface area contributed by atoms with Crippen molar-refractivity contribution in [3.05, 3.63) is 69.7 Å². The summed E-state index contributed by atoms with van der Waals surface area (Å²) in [7, 11) is 0. The lowest BCUT2D eigenvalue weighted by Crippen LogP contribution is -2.34. The van der Waals surface area contributed by atoms with E-state index in [1.165, 1.54) is 28.7 Å². The van der Waals surface area contributed by atoms with Gasteiger partial charge in [0.15, 0.2) is 0 Å². The summed E-state index contributed by atoms with van der Waals surface area (Å²) in [6.45, 7) is 6.51. The number of hydrogen-bond donors (Lipinski definition) is 1. The monoisotopic (exact) mass is 299 g/mol. The molecule has 2 atom stereocenters. The summed E-state index contributed by atoms with van der Waals surface area (Å²) < 4.78 is 0. The fourth-order valence-electron chi connectivity index (χ4n) is 3.56. The molecule has 21 heavy (non-hydrogen) atoms. The van der Waals surface area contributed by atoms with Gasteiger partial charge in [-0.25, -0.2) is 0 Å². The zero-order valence-corrected chi connectivity index (χ0v) is 13.5. The summed E-state index contributed by atoms with van der Waals surface area (Å²) >= 11 is 6.19. The number of rotatable bonds is 2. The molecule has 1 saturated heterocycles. The molecule has 0 aromatic heterocycles. The van der Waals surface area contributed by atoms with Crippen molar-refractivity contribution in [2.45, 2.75) is 32.1 Å². The number of nitrogens with one attached hydrogen (secondary N) is 1. The second-order valence-corrected chi connectivity index (χ2v) is 6.56. The predicted octanol–water partition coefficient (Wildman–Crippen LogP) is 4.82. The van der Waals surface area contributed by atoms with Crippen LogP contribution in [0.2, 0.25) is 5.02 Å². The third-order valence-corrected chi connectivity index (χ3v) is 4.82. The van der Waals surface area contributed by atoms with Gasteiger partial charge in [0, 0.05) is 17.5 Å². The van der Waals surface area contributed by atoms with Crippen molar-refractivity contribution < 1.29 is 0 Å². The van der Waals surface area contributed by atoms with E-state index >= 15 is 0 Å². The number of aryl methyl sites for hydroxylation is 2. The summed E-state index contributed by atoms with van der Waals surface area (Å²) in [6, 6.07) is 15.2. The quantitative estimate of drug-likeness (QED) is 0.838. The Balaban J connectivity index is 1.98. The first-order valence-electron chi connectivity index (χ1n) is 7.68. The molecule has 2 aromatic rings. The molecule has 1 nitrogen and oxygen atoms in total. The van der Waals surface area contributed by atoms with Crippen molar-refractivity contribution in [2.75, 3.05) is 13.1 Å². The predicted molar refractivity (Wildman–Crippen MR) is 90.3 cm³/mol. The molecule has 0 amide bonds. The molecule has 3 rings (SSSR count). The minimum absolute atomic E-state index is 0.499. The van der Waals surface area contributed by atoms with Gasteiger partial charge in [-0.3, -0.25) is 0 Å². The largest absolute Gasteiger partial charge is 0.316 e. The molecule has 0 radical (unpaired) electrons. The Morgan fingerprint density at radius 3 is 2.67 bits per heavy atom. The van der Waals surface area contributed by atoms with E-state index in [2.05, 4.69) is 55.6 Å². The van der Waals surface area contributed by atoms with Crippen LogP contribution < -0.4 is 5.32 Å². The van der Waals surface area contributed by atoms with Gasteiger partial charge in [0.25, 0.3) is 0 Å². The second kappa shape index (κ2) is 6.21. The zero-order valence-electron chi connectivity index (χ0n) is 12.7. The summed E-state index contributed by atoms with van der Waals surface area (Å²) in [5.74, 6) is 1.07. The van der Waals surface area contributed by atoms with E-state index in [0.29, 0.717) is 11.8 Å². The lowest BCUT2D eigenvalue weighted by Gasteiger charge is -2.34. The molecule has 2 aromatic carbocycles. The summed E-state index contributed by atoms with van der Waals surface area (Å²) in [6.07, 6.45) is 1.18. The molecule has 0 aliphatic carbocycles. The number of hydrogen-bond acceptors (Lipinski definition) is 1. The number of piperidine rings is 1. The van der Waals surface area contributed by atoms with Gasteiger partial charge in [-0.1, -0.05) is 47.5 Å². The van der Waals surface area contributed by atoms with E-state index in [4.69, 9.17) is 11.6 Å². The number of benzene rings is 2. The minimum Gasteiger partial charge on any atom is -0.316 e. The average molecular weight is 300 g/mol. The molecule has 0 spiro atoms. The maximum atomic E-state index is 6.19. The van der Waals surface area contributed by atoms with Crippen LogP contribution in [0, 0.1) is 13.8 Å². The smallest absolute Gasteiger partial charge is 0.0408 e. The van der Waals surface area contributed by atoms with Crippen LogP contribution in [0.5, 0.6) is 0 Å². The topological polar surface area (TPSA) is 12.0 Å². The highest BCUT2D eigenvalue weighted by Crippen LogP contribution is 2.39. The Kier molecular flexibility index (Phi) is 4.32. The van der Waals surface area contributed by atoms with Crippen LogP contribution in [0.25, 0.3) is 0 Å². The fraction of sp³-hybridized carbons (Fsp3) is 0.368. The molecule has 1 fully saturated rings. The van der Waals surface area contributed by atoms with Gasteiger partial charge in [0.1, 0.15) is 0 Å². The van der Waals surface area contributed by atoms with Gasteiger partial charge in [-0.15, -0.1) is 0 Å². The van der Waals surface area contributed by atoms with Crippen LogP contribution in [0.4, 0.5) is 0 Å². The van der Waals surface area contributed by atoms with Gasteiger partial charge in [0.05, 0.1) is 0 Å². The minimum atomic E-state index is 0.499.